The Morgan fingerprint density at radius 3 is 2.70 bits per heavy atom. The molecule has 2 fully saturated rings. The van der Waals surface area contributed by atoms with Crippen molar-refractivity contribution in [3.05, 3.63) is 48.7 Å². The highest BCUT2D eigenvalue weighted by molar-refractivity contribution is 5.93. The number of benzene rings is 1. The van der Waals surface area contributed by atoms with Gasteiger partial charge in [-0.25, -0.2) is 4.98 Å². The first kappa shape index (κ1) is 14.2. The van der Waals surface area contributed by atoms with Gasteiger partial charge in [-0.1, -0.05) is 6.07 Å². The predicted octanol–water partition coefficient (Wildman–Crippen LogP) is 3.38. The fraction of sp³-hybridized carbons (Fsp3) is 0.333. The molecule has 23 heavy (non-hydrogen) atoms. The van der Waals surface area contributed by atoms with Gasteiger partial charge in [-0.05, 0) is 49.6 Å². The second-order valence-electron chi connectivity index (χ2n) is 6.00. The van der Waals surface area contributed by atoms with Crippen LogP contribution in [0.3, 0.4) is 0 Å². The minimum Gasteiger partial charge on any atom is -0.439 e. The van der Waals surface area contributed by atoms with E-state index in [1.807, 2.05) is 36.4 Å². The van der Waals surface area contributed by atoms with E-state index < -0.39 is 0 Å². The molecule has 1 aromatic heterocycles. The normalized spacial score (nSPS) is 25.3. The number of hydrogen-bond donors (Lipinski definition) is 1. The summed E-state index contributed by atoms with van der Waals surface area (Å²) in [5.74, 6) is 1.27. The van der Waals surface area contributed by atoms with Gasteiger partial charge in [0.25, 0.3) is 0 Å². The Balaban J connectivity index is 1.37. The van der Waals surface area contributed by atoms with Crippen LogP contribution in [0.25, 0.3) is 0 Å². The predicted molar refractivity (Wildman–Crippen MR) is 85.4 cm³/mol. The number of hydrogen-bond acceptors (Lipinski definition) is 4. The Morgan fingerprint density at radius 2 is 2.04 bits per heavy atom. The molecule has 5 nitrogen and oxygen atoms in total. The molecule has 4 rings (SSSR count). The molecule has 3 atom stereocenters. The lowest BCUT2D eigenvalue weighted by atomic mass is 9.88. The van der Waals surface area contributed by atoms with Crippen molar-refractivity contribution in [1.82, 2.24) is 4.98 Å². The number of carbonyl (C=O) groups is 1. The van der Waals surface area contributed by atoms with E-state index in [0.717, 1.165) is 24.9 Å². The number of fused-ring (bicyclic) bond motifs is 2. The molecular weight excluding hydrogens is 292 g/mol. The van der Waals surface area contributed by atoms with Crippen LogP contribution in [0.5, 0.6) is 11.6 Å². The van der Waals surface area contributed by atoms with Crippen molar-refractivity contribution in [1.29, 1.82) is 0 Å². The summed E-state index contributed by atoms with van der Waals surface area (Å²) in [6.45, 7) is 0. The fourth-order valence-corrected chi connectivity index (χ4v) is 3.28. The van der Waals surface area contributed by atoms with Crippen LogP contribution in [0.4, 0.5) is 5.69 Å². The minimum atomic E-state index is -0.0156. The number of ether oxygens (including phenoxy) is 2. The second-order valence-corrected chi connectivity index (χ2v) is 6.00. The van der Waals surface area contributed by atoms with Crippen LogP contribution in [0.15, 0.2) is 48.7 Å². The molecule has 5 heteroatoms. The van der Waals surface area contributed by atoms with E-state index in [9.17, 15) is 4.79 Å². The Morgan fingerprint density at radius 1 is 1.17 bits per heavy atom. The molecule has 2 aliphatic rings. The van der Waals surface area contributed by atoms with Gasteiger partial charge < -0.3 is 14.8 Å². The smallest absolute Gasteiger partial charge is 0.230 e. The van der Waals surface area contributed by atoms with Crippen LogP contribution in [-0.2, 0) is 9.53 Å². The Kier molecular flexibility index (Phi) is 3.71. The van der Waals surface area contributed by atoms with Crippen molar-refractivity contribution in [3.63, 3.8) is 0 Å². The number of anilines is 1. The summed E-state index contributed by atoms with van der Waals surface area (Å²) in [5, 5.41) is 2.97. The van der Waals surface area contributed by atoms with Crippen molar-refractivity contribution >= 4 is 11.6 Å². The summed E-state index contributed by atoms with van der Waals surface area (Å²) in [4.78, 5) is 16.5. The first-order valence-electron chi connectivity index (χ1n) is 7.93. The van der Waals surface area contributed by atoms with E-state index in [0.29, 0.717) is 11.6 Å². The molecule has 2 saturated heterocycles. The molecule has 118 valence electrons. The maximum Gasteiger partial charge on any atom is 0.230 e. The lowest BCUT2D eigenvalue weighted by Crippen LogP contribution is -2.30. The summed E-state index contributed by atoms with van der Waals surface area (Å²) in [5.41, 5.74) is 0.770. The zero-order valence-corrected chi connectivity index (χ0v) is 12.6. The largest absolute Gasteiger partial charge is 0.439 e. The van der Waals surface area contributed by atoms with E-state index in [-0.39, 0.29) is 24.0 Å². The van der Waals surface area contributed by atoms with Crippen molar-refractivity contribution in [2.45, 2.75) is 31.5 Å². The molecule has 0 aliphatic carbocycles. The van der Waals surface area contributed by atoms with Crippen molar-refractivity contribution < 1.29 is 14.3 Å². The van der Waals surface area contributed by atoms with Gasteiger partial charge in [-0.3, -0.25) is 4.79 Å². The van der Waals surface area contributed by atoms with Crippen LogP contribution in [0, 0.1) is 5.92 Å². The van der Waals surface area contributed by atoms with Crippen LogP contribution < -0.4 is 10.1 Å². The molecule has 2 aromatic rings. The number of nitrogens with zero attached hydrogens (tertiary/aromatic N) is 1. The molecule has 0 spiro atoms. The Labute approximate surface area is 134 Å². The van der Waals surface area contributed by atoms with Crippen LogP contribution in [0.2, 0.25) is 0 Å². The Bertz CT molecular complexity index is 687. The lowest BCUT2D eigenvalue weighted by Gasteiger charge is -2.18. The summed E-state index contributed by atoms with van der Waals surface area (Å²) in [6, 6.07) is 12.8. The van der Waals surface area contributed by atoms with Crippen molar-refractivity contribution in [3.8, 4) is 11.6 Å². The Hall–Kier alpha value is -2.40. The molecule has 1 N–H and O–H groups in total. The molecule has 3 unspecified atom stereocenters. The number of pyridine rings is 1. The van der Waals surface area contributed by atoms with Crippen LogP contribution in [-0.4, -0.2) is 23.1 Å². The number of rotatable bonds is 4. The summed E-state index contributed by atoms with van der Waals surface area (Å²) >= 11 is 0. The van der Waals surface area contributed by atoms with Crippen LogP contribution in [0.1, 0.15) is 19.3 Å². The van der Waals surface area contributed by atoms with Crippen molar-refractivity contribution in [2.24, 2.45) is 5.92 Å². The number of nitrogens with one attached hydrogen (secondary N) is 1. The molecular formula is C18H18N2O3. The molecule has 0 saturated carbocycles. The van der Waals surface area contributed by atoms with Gasteiger partial charge in [0.15, 0.2) is 0 Å². The summed E-state index contributed by atoms with van der Waals surface area (Å²) < 4.78 is 11.4. The van der Waals surface area contributed by atoms with Gasteiger partial charge in [0.2, 0.25) is 11.8 Å². The topological polar surface area (TPSA) is 60.5 Å². The van der Waals surface area contributed by atoms with Gasteiger partial charge in [0.05, 0.1) is 18.1 Å². The average molecular weight is 310 g/mol. The van der Waals surface area contributed by atoms with E-state index in [1.165, 1.54) is 0 Å². The van der Waals surface area contributed by atoms with Gasteiger partial charge in [-0.2, -0.15) is 0 Å². The molecule has 2 aliphatic heterocycles. The standard InChI is InChI=1S/C18H18N2O3/c21-18(15-11-14-8-9-16(15)22-14)20-12-4-6-13(7-5-12)23-17-3-1-2-10-19-17/h1-7,10,14-16H,8-9,11H2,(H,20,21). The molecule has 3 heterocycles. The number of aromatic nitrogens is 1. The van der Waals surface area contributed by atoms with Gasteiger partial charge in [-0.15, -0.1) is 0 Å². The second kappa shape index (κ2) is 6.01. The van der Waals surface area contributed by atoms with Gasteiger partial charge in [0.1, 0.15) is 5.75 Å². The van der Waals surface area contributed by atoms with Crippen LogP contribution >= 0.6 is 0 Å². The highest BCUT2D eigenvalue weighted by atomic mass is 16.5. The molecule has 1 aromatic carbocycles. The highest BCUT2D eigenvalue weighted by Gasteiger charge is 2.44. The summed E-state index contributed by atoms with van der Waals surface area (Å²) in [7, 11) is 0. The third kappa shape index (κ3) is 3.05. The van der Waals surface area contributed by atoms with E-state index >= 15 is 0 Å². The molecule has 2 bridgehead atoms. The summed E-state index contributed by atoms with van der Waals surface area (Å²) in [6.07, 6.45) is 5.00. The van der Waals surface area contributed by atoms with Gasteiger partial charge >= 0.3 is 0 Å². The van der Waals surface area contributed by atoms with Crippen molar-refractivity contribution in [2.75, 3.05) is 5.32 Å². The average Bonchev–Trinajstić information content (AvgIpc) is 3.21. The zero-order valence-electron chi connectivity index (χ0n) is 12.6. The van der Waals surface area contributed by atoms with E-state index in [2.05, 4.69) is 10.3 Å². The quantitative estimate of drug-likeness (QED) is 0.940. The third-order valence-electron chi connectivity index (χ3n) is 4.42. The fourth-order valence-electron chi connectivity index (χ4n) is 3.28. The first-order valence-corrected chi connectivity index (χ1v) is 7.93. The highest BCUT2D eigenvalue weighted by Crippen LogP contribution is 2.39. The lowest BCUT2D eigenvalue weighted by molar-refractivity contribution is -0.121. The maximum absolute atomic E-state index is 12.3. The van der Waals surface area contributed by atoms with E-state index in [1.54, 1.807) is 12.3 Å². The number of amides is 1. The number of carbonyl (C=O) groups excluding carboxylic acids is 1. The minimum absolute atomic E-state index is 0.0156. The zero-order chi connectivity index (χ0) is 15.6. The monoisotopic (exact) mass is 310 g/mol. The third-order valence-corrected chi connectivity index (χ3v) is 4.42. The maximum atomic E-state index is 12.3. The van der Waals surface area contributed by atoms with Gasteiger partial charge in [0, 0.05) is 18.0 Å². The van der Waals surface area contributed by atoms with E-state index in [4.69, 9.17) is 9.47 Å². The molecule has 1 amide bonds. The first-order chi connectivity index (χ1) is 11.3. The molecule has 0 radical (unpaired) electrons. The SMILES string of the molecule is O=C(Nc1ccc(Oc2ccccn2)cc1)C1CC2CCC1O2.